The van der Waals surface area contributed by atoms with Crippen LogP contribution in [-0.2, 0) is 4.79 Å². The van der Waals surface area contributed by atoms with Gasteiger partial charge in [-0.3, -0.25) is 14.9 Å². The third-order valence-corrected chi connectivity index (χ3v) is 2.53. The molecular weight excluding hydrogens is 254 g/mol. The molecule has 0 radical (unpaired) electrons. The molecule has 1 rings (SSSR count). The van der Waals surface area contributed by atoms with Crippen molar-refractivity contribution in [2.75, 3.05) is 7.11 Å². The third-order valence-electron chi connectivity index (χ3n) is 2.53. The van der Waals surface area contributed by atoms with Gasteiger partial charge in [-0.05, 0) is 12.3 Å². The van der Waals surface area contributed by atoms with Crippen molar-refractivity contribution in [3.8, 4) is 5.88 Å². The average molecular weight is 269 g/mol. The molecule has 0 bridgehead atoms. The predicted octanol–water partition coefficient (Wildman–Crippen LogP) is 1.61. The van der Waals surface area contributed by atoms with E-state index in [1.54, 1.807) is 0 Å². The summed E-state index contributed by atoms with van der Waals surface area (Å²) in [7, 11) is 1.23. The van der Waals surface area contributed by atoms with Gasteiger partial charge >= 0.3 is 11.7 Å². The smallest absolute Gasteiger partial charge is 0.353 e. The van der Waals surface area contributed by atoms with Gasteiger partial charge in [0.15, 0.2) is 0 Å². The number of rotatable bonds is 6. The predicted molar refractivity (Wildman–Crippen MR) is 65.1 cm³/mol. The topological polar surface area (TPSA) is 115 Å². The Balaban J connectivity index is 3.37. The van der Waals surface area contributed by atoms with Crippen molar-refractivity contribution >= 4 is 11.7 Å². The summed E-state index contributed by atoms with van der Waals surface area (Å²) in [6.45, 7) is 3.67. The van der Waals surface area contributed by atoms with Crippen LogP contribution >= 0.6 is 0 Å². The van der Waals surface area contributed by atoms with Crippen molar-refractivity contribution < 1.29 is 19.6 Å². The number of aromatic nitrogens is 2. The summed E-state index contributed by atoms with van der Waals surface area (Å²) in [4.78, 5) is 29.0. The maximum atomic E-state index is 11.3. The zero-order valence-electron chi connectivity index (χ0n) is 10.9. The van der Waals surface area contributed by atoms with E-state index < -0.39 is 22.5 Å². The molecule has 0 spiro atoms. The lowest BCUT2D eigenvalue weighted by molar-refractivity contribution is -0.387. The summed E-state index contributed by atoms with van der Waals surface area (Å²) < 4.78 is 4.80. The summed E-state index contributed by atoms with van der Waals surface area (Å²) in [5.41, 5.74) is -0.615. The monoisotopic (exact) mass is 269 g/mol. The first-order chi connectivity index (χ1) is 8.88. The second-order valence-electron chi connectivity index (χ2n) is 4.39. The van der Waals surface area contributed by atoms with Crippen LogP contribution in [0, 0.1) is 16.0 Å². The lowest BCUT2D eigenvalue weighted by Crippen LogP contribution is -2.18. The Bertz CT molecular complexity index is 489. The second-order valence-corrected chi connectivity index (χ2v) is 4.39. The SMILES string of the molecule is COc1ncnc(C(CC(C)C)C(=O)O)c1[N+](=O)[O-]. The Kier molecular flexibility index (Phi) is 4.74. The summed E-state index contributed by atoms with van der Waals surface area (Å²) in [5.74, 6) is -2.39. The molecule has 0 aromatic carbocycles. The molecule has 19 heavy (non-hydrogen) atoms. The first-order valence-electron chi connectivity index (χ1n) is 5.64. The number of carboxylic acid groups (broad SMARTS) is 1. The molecule has 0 aliphatic heterocycles. The maximum Gasteiger partial charge on any atom is 0.353 e. The maximum absolute atomic E-state index is 11.3. The van der Waals surface area contributed by atoms with Gasteiger partial charge in [0.25, 0.3) is 5.88 Å². The van der Waals surface area contributed by atoms with E-state index in [0.29, 0.717) is 0 Å². The van der Waals surface area contributed by atoms with Crippen LogP contribution in [0.5, 0.6) is 5.88 Å². The van der Waals surface area contributed by atoms with Crippen LogP contribution in [0.3, 0.4) is 0 Å². The Morgan fingerprint density at radius 2 is 2.16 bits per heavy atom. The molecule has 0 aliphatic carbocycles. The molecule has 1 atom stereocenters. The minimum Gasteiger partial charge on any atom is -0.481 e. The molecule has 1 aromatic heterocycles. The van der Waals surface area contributed by atoms with Gasteiger partial charge in [-0.25, -0.2) is 4.98 Å². The van der Waals surface area contributed by atoms with Gasteiger partial charge in [-0.1, -0.05) is 13.8 Å². The van der Waals surface area contributed by atoms with Crippen LogP contribution in [0.1, 0.15) is 31.9 Å². The molecule has 104 valence electrons. The fourth-order valence-electron chi connectivity index (χ4n) is 1.75. The summed E-state index contributed by atoms with van der Waals surface area (Å²) in [6, 6.07) is 0. The number of methoxy groups -OCH3 is 1. The molecule has 1 unspecified atom stereocenters. The van der Waals surface area contributed by atoms with Crippen molar-refractivity contribution in [3.05, 3.63) is 22.1 Å². The second kappa shape index (κ2) is 6.07. The molecule has 0 amide bonds. The Labute approximate surface area is 109 Å². The van der Waals surface area contributed by atoms with E-state index in [0.717, 1.165) is 6.33 Å². The highest BCUT2D eigenvalue weighted by atomic mass is 16.6. The Morgan fingerprint density at radius 1 is 1.53 bits per heavy atom. The molecule has 8 nitrogen and oxygen atoms in total. The molecular formula is C11H15N3O5. The molecule has 1 N–H and O–H groups in total. The largest absolute Gasteiger partial charge is 0.481 e. The minimum absolute atomic E-state index is 0.0571. The van der Waals surface area contributed by atoms with E-state index in [-0.39, 0.29) is 23.9 Å². The average Bonchev–Trinajstić information content (AvgIpc) is 2.34. The van der Waals surface area contributed by atoms with Gasteiger partial charge in [0.05, 0.1) is 12.0 Å². The van der Waals surface area contributed by atoms with E-state index in [9.17, 15) is 20.0 Å². The van der Waals surface area contributed by atoms with Gasteiger partial charge in [0, 0.05) is 0 Å². The number of nitro groups is 1. The van der Waals surface area contributed by atoms with Crippen molar-refractivity contribution in [1.82, 2.24) is 9.97 Å². The van der Waals surface area contributed by atoms with E-state index in [4.69, 9.17) is 4.74 Å². The number of aliphatic carboxylic acids is 1. The molecule has 1 aromatic rings. The van der Waals surface area contributed by atoms with Gasteiger partial charge in [-0.2, -0.15) is 4.98 Å². The van der Waals surface area contributed by atoms with Crippen LogP contribution in [0.25, 0.3) is 0 Å². The minimum atomic E-state index is -1.16. The highest BCUT2D eigenvalue weighted by molar-refractivity contribution is 5.77. The quantitative estimate of drug-likeness (QED) is 0.616. The van der Waals surface area contributed by atoms with Gasteiger partial charge in [-0.15, -0.1) is 0 Å². The standard InChI is InChI=1S/C11H15N3O5/c1-6(2)4-7(11(15)16)8-9(14(17)18)10(19-3)13-5-12-8/h5-7H,4H2,1-3H3,(H,15,16). The van der Waals surface area contributed by atoms with Gasteiger partial charge in [0.1, 0.15) is 17.9 Å². The van der Waals surface area contributed by atoms with E-state index in [1.165, 1.54) is 7.11 Å². The number of carbonyl (C=O) groups is 1. The van der Waals surface area contributed by atoms with Crippen molar-refractivity contribution in [2.24, 2.45) is 5.92 Å². The van der Waals surface area contributed by atoms with Crippen LogP contribution in [0.2, 0.25) is 0 Å². The van der Waals surface area contributed by atoms with Crippen LogP contribution in [0.4, 0.5) is 5.69 Å². The fourth-order valence-corrected chi connectivity index (χ4v) is 1.75. The molecule has 0 saturated heterocycles. The number of carboxylic acids is 1. The molecule has 0 saturated carbocycles. The van der Waals surface area contributed by atoms with Crippen LogP contribution in [-0.4, -0.2) is 33.1 Å². The Hall–Kier alpha value is -2.25. The van der Waals surface area contributed by atoms with Crippen LogP contribution < -0.4 is 4.74 Å². The van der Waals surface area contributed by atoms with E-state index >= 15 is 0 Å². The van der Waals surface area contributed by atoms with Crippen molar-refractivity contribution in [1.29, 1.82) is 0 Å². The number of hydrogen-bond acceptors (Lipinski definition) is 6. The van der Waals surface area contributed by atoms with Crippen molar-refractivity contribution in [2.45, 2.75) is 26.2 Å². The number of hydrogen-bond donors (Lipinski definition) is 1. The van der Waals surface area contributed by atoms with Gasteiger partial charge < -0.3 is 9.84 Å². The Morgan fingerprint density at radius 3 is 2.58 bits per heavy atom. The normalized spacial score (nSPS) is 12.2. The summed E-state index contributed by atoms with van der Waals surface area (Å²) in [6.07, 6.45) is 1.31. The number of nitrogens with zero attached hydrogens (tertiary/aromatic N) is 3. The molecule has 1 heterocycles. The highest BCUT2D eigenvalue weighted by Crippen LogP contribution is 2.34. The third kappa shape index (κ3) is 3.36. The lowest BCUT2D eigenvalue weighted by atomic mass is 9.93. The molecule has 0 aliphatic rings. The zero-order chi connectivity index (χ0) is 14.6. The van der Waals surface area contributed by atoms with E-state index in [2.05, 4.69) is 9.97 Å². The van der Waals surface area contributed by atoms with Gasteiger partial charge in [0.2, 0.25) is 0 Å². The van der Waals surface area contributed by atoms with Crippen molar-refractivity contribution in [3.63, 3.8) is 0 Å². The lowest BCUT2D eigenvalue weighted by Gasteiger charge is -2.14. The molecule has 0 fully saturated rings. The highest BCUT2D eigenvalue weighted by Gasteiger charge is 2.33. The first kappa shape index (κ1) is 14.8. The van der Waals surface area contributed by atoms with E-state index in [1.807, 2.05) is 13.8 Å². The summed E-state index contributed by atoms with van der Waals surface area (Å²) in [5, 5.41) is 20.3. The number of ether oxygens (including phenoxy) is 1. The summed E-state index contributed by atoms with van der Waals surface area (Å²) >= 11 is 0. The zero-order valence-corrected chi connectivity index (χ0v) is 10.9. The first-order valence-corrected chi connectivity index (χ1v) is 5.64. The van der Waals surface area contributed by atoms with Crippen LogP contribution in [0.15, 0.2) is 6.33 Å². The fraction of sp³-hybridized carbons (Fsp3) is 0.545. The molecule has 8 heteroatoms.